The summed E-state index contributed by atoms with van der Waals surface area (Å²) in [5.41, 5.74) is 0. The molecule has 0 aliphatic heterocycles. The third kappa shape index (κ3) is 16.9. The van der Waals surface area contributed by atoms with Gasteiger partial charge in [0.05, 0.1) is 0 Å². The Hall–Kier alpha value is 2.93. The van der Waals surface area contributed by atoms with Crippen molar-refractivity contribution in [3.05, 3.63) is 0 Å². The fraction of sp³-hybridized carbons (Fsp3) is 0. The monoisotopic (exact) mass is 342 g/mol. The van der Waals surface area contributed by atoms with Crippen LogP contribution in [0.4, 0.5) is 0 Å². The molecule has 0 spiro atoms. The van der Waals surface area contributed by atoms with Gasteiger partial charge in [-0.25, -0.2) is 13.7 Å². The average Bonchev–Trinajstić information content (AvgIpc) is 1.43. The van der Waals surface area contributed by atoms with Crippen molar-refractivity contribution in [1.29, 1.82) is 0 Å². The topological polar surface area (TPSA) is 171 Å². The Bertz CT molecular complexity index is 295. The zero-order valence-corrected chi connectivity index (χ0v) is 14.1. The molecule has 0 saturated carbocycles. The first-order valence-corrected chi connectivity index (χ1v) is 6.83. The maximum Gasteiger partial charge on any atom is 2.00 e. The molecule has 0 fully saturated rings. The van der Waals surface area contributed by atoms with Gasteiger partial charge in [0.1, 0.15) is 0 Å². The van der Waals surface area contributed by atoms with E-state index in [0.717, 1.165) is 0 Å². The van der Waals surface area contributed by atoms with Crippen molar-refractivity contribution in [2.45, 2.75) is 0 Å². The van der Waals surface area contributed by atoms with Crippen LogP contribution in [-0.2, 0) is 22.3 Å². The second-order valence-electron chi connectivity index (χ2n) is 1.61. The predicted molar refractivity (Wildman–Crippen MR) is 52.0 cm³/mol. The van der Waals surface area contributed by atoms with Crippen LogP contribution in [0, 0.1) is 0 Å². The minimum absolute atomic E-state index is 0. The van der Waals surface area contributed by atoms with Gasteiger partial charge in [-0.1, -0.05) is 0 Å². The molecule has 0 bridgehead atoms. The second kappa shape index (κ2) is 8.17. The van der Waals surface area contributed by atoms with Crippen LogP contribution >= 0.6 is 23.5 Å². The zero-order chi connectivity index (χ0) is 10.9. The third-order valence-electron chi connectivity index (χ3n) is 0.419. The Morgan fingerprint density at radius 3 is 1.07 bits per heavy atom. The van der Waals surface area contributed by atoms with Crippen molar-refractivity contribution in [3.8, 4) is 0 Å². The summed E-state index contributed by atoms with van der Waals surface area (Å²) in [6.45, 7) is 0. The van der Waals surface area contributed by atoms with E-state index in [1.807, 2.05) is 0 Å². The van der Waals surface area contributed by atoms with Crippen LogP contribution in [0.15, 0.2) is 0 Å². The van der Waals surface area contributed by atoms with Gasteiger partial charge in [-0.05, 0) is 0 Å². The fourth-order valence-corrected chi connectivity index (χ4v) is 2.82. The van der Waals surface area contributed by atoms with Gasteiger partial charge in [0.2, 0.25) is 0 Å². The van der Waals surface area contributed by atoms with Crippen LogP contribution in [0.1, 0.15) is 5.71 Å². The average molecular weight is 342 g/mol. The van der Waals surface area contributed by atoms with Crippen molar-refractivity contribution < 1.29 is 52.5 Å². The Balaban J connectivity index is -0.0000000480. The molecule has 0 radical (unpaired) electrons. The van der Waals surface area contributed by atoms with Crippen LogP contribution in [0.3, 0.4) is 0 Å². The number of hydrogen-bond donors (Lipinski definition) is 5. The van der Waals surface area contributed by atoms with E-state index in [4.69, 9.17) is 24.5 Å². The summed E-state index contributed by atoms with van der Waals surface area (Å²) >= 11 is 0. The van der Waals surface area contributed by atoms with E-state index < -0.39 is 23.5 Å². The predicted octanol–water partition coefficient (Wildman–Crippen LogP) is -1.01. The van der Waals surface area contributed by atoms with E-state index >= 15 is 0 Å². The van der Waals surface area contributed by atoms with Gasteiger partial charge in [0, 0.05) is 0 Å². The summed E-state index contributed by atoms with van der Waals surface area (Å²) in [5, 5.41) is 0. The molecule has 0 aromatic rings. The van der Waals surface area contributed by atoms with Crippen LogP contribution in [0.25, 0.3) is 0 Å². The smallest absolute Gasteiger partial charge is 1.00 e. The largest absolute Gasteiger partial charge is 2.00 e. The van der Waals surface area contributed by atoms with Crippen LogP contribution in [0.5, 0.6) is 0 Å². The minimum atomic E-state index is -5.46. The maximum absolute atomic E-state index is 10.4. The van der Waals surface area contributed by atoms with Gasteiger partial charge < -0.3 is 30.2 Å². The van der Waals surface area contributed by atoms with E-state index in [0.29, 0.717) is 0 Å². The first kappa shape index (κ1) is 23.1. The molecule has 0 rings (SSSR count). The zero-order valence-electron chi connectivity index (χ0n) is 11.0. The summed E-state index contributed by atoms with van der Waals surface area (Å²) in [4.78, 5) is 40.2. The molecule has 88 valence electrons. The summed E-state index contributed by atoms with van der Waals surface area (Å²) in [6.07, 6.45) is 0. The minimum Gasteiger partial charge on any atom is -1.00 e. The van der Waals surface area contributed by atoms with Crippen LogP contribution < -0.4 is 0 Å². The summed E-state index contributed by atoms with van der Waals surface area (Å²) < 4.78 is 36.4. The van der Waals surface area contributed by atoms with E-state index in [2.05, 4.69) is 8.62 Å². The Morgan fingerprint density at radius 2 is 0.933 bits per heavy atom. The van der Waals surface area contributed by atoms with Crippen molar-refractivity contribution in [3.63, 3.8) is 0 Å². The van der Waals surface area contributed by atoms with Crippen molar-refractivity contribution in [1.82, 2.24) is 0 Å². The van der Waals surface area contributed by atoms with Gasteiger partial charge in [-0.15, -0.1) is 0 Å². The molecule has 0 aromatic carbocycles. The molecule has 5 N–H and O–H groups in total. The van der Waals surface area contributed by atoms with Gasteiger partial charge in [0.25, 0.3) is 0 Å². The van der Waals surface area contributed by atoms with E-state index in [1.165, 1.54) is 0 Å². The first-order valence-electron chi connectivity index (χ1n) is 2.28. The second-order valence-corrected chi connectivity index (χ2v) is 5.82. The third-order valence-corrected chi connectivity index (χ3v) is 3.77. The van der Waals surface area contributed by atoms with Gasteiger partial charge in [-0.3, -0.25) is 0 Å². The van der Waals surface area contributed by atoms with Crippen molar-refractivity contribution in [2.75, 3.05) is 0 Å². The normalized spacial score (nSPS) is 12.6. The summed E-state index contributed by atoms with van der Waals surface area (Å²) in [5.74, 6) is 0. The molecule has 0 aliphatic carbocycles. The molecule has 0 saturated heterocycles. The van der Waals surface area contributed by atoms with Crippen molar-refractivity contribution >= 4 is 98.9 Å². The molecule has 0 aromatic heterocycles. The standard InChI is InChI=1S/2Ca.H5O10P3.4H/c;;1-11(2,3)9-13(7,8)10-12(4,5)6;;;;/h;;(H,7,8)(H2,1,2,3)(H2,4,5,6);;;;/q2*+2;;4*-1. The molecule has 0 unspecified atom stereocenters. The Morgan fingerprint density at radius 1 is 0.733 bits per heavy atom. The molecule has 15 heavy (non-hydrogen) atoms. The fourth-order valence-electron chi connectivity index (χ4n) is 0.284. The molecule has 0 amide bonds. The molecular formula is H9Ca2O10P3. The van der Waals surface area contributed by atoms with E-state index in [-0.39, 0.29) is 81.2 Å². The molecule has 0 heterocycles. The van der Waals surface area contributed by atoms with E-state index in [1.54, 1.807) is 0 Å². The van der Waals surface area contributed by atoms with Crippen LogP contribution in [-0.4, -0.2) is 99.9 Å². The summed E-state index contributed by atoms with van der Waals surface area (Å²) in [6, 6.07) is 0. The van der Waals surface area contributed by atoms with Crippen LogP contribution in [0.2, 0.25) is 0 Å². The van der Waals surface area contributed by atoms with Gasteiger partial charge in [0.15, 0.2) is 0 Å². The summed E-state index contributed by atoms with van der Waals surface area (Å²) in [7, 11) is -16.2. The number of hydrogen-bond acceptors (Lipinski definition) is 5. The quantitative estimate of drug-likeness (QED) is 0.315. The van der Waals surface area contributed by atoms with E-state index in [9.17, 15) is 13.7 Å². The molecule has 0 aliphatic rings. The molecule has 0 atom stereocenters. The number of rotatable bonds is 4. The molecular weight excluding hydrogens is 333 g/mol. The maximum atomic E-state index is 10.4. The Labute approximate surface area is 149 Å². The van der Waals surface area contributed by atoms with Gasteiger partial charge in [-0.2, -0.15) is 8.62 Å². The first-order chi connectivity index (χ1) is 5.41. The molecule has 10 nitrogen and oxygen atoms in total. The Kier molecular flexibility index (Phi) is 12.6. The van der Waals surface area contributed by atoms with Gasteiger partial charge >= 0.3 is 98.9 Å². The number of phosphoric acid groups is 3. The van der Waals surface area contributed by atoms with Crippen molar-refractivity contribution in [2.24, 2.45) is 0 Å². The molecule has 15 heteroatoms. The SMILES string of the molecule is O=P(O)(O)OP(=O)(O)OP(=O)(O)O.[Ca+2].[Ca+2].[H-].[H-].[H-].[H-].